The molecule has 0 saturated carbocycles. The minimum Gasteiger partial charge on any atom is -0.487 e. The van der Waals surface area contributed by atoms with Crippen LogP contribution in [0.3, 0.4) is 0 Å². The second kappa shape index (κ2) is 4.49. The van der Waals surface area contributed by atoms with E-state index in [-0.39, 0.29) is 5.91 Å². The van der Waals surface area contributed by atoms with Gasteiger partial charge >= 0.3 is 6.03 Å². The Morgan fingerprint density at radius 2 is 1.95 bits per heavy atom. The number of carbonyl (C=O) groups is 2. The van der Waals surface area contributed by atoms with Crippen molar-refractivity contribution in [2.24, 2.45) is 0 Å². The van der Waals surface area contributed by atoms with Gasteiger partial charge < -0.3 is 14.8 Å². The number of imide groups is 1. The lowest BCUT2D eigenvalue weighted by atomic mass is 9.72. The zero-order valence-electron chi connectivity index (χ0n) is 12.0. The Morgan fingerprint density at radius 3 is 2.64 bits per heavy atom. The zero-order valence-corrected chi connectivity index (χ0v) is 12.0. The number of benzene rings is 1. The molecule has 2 fully saturated rings. The second-order valence-electron chi connectivity index (χ2n) is 6.14. The number of ether oxygens (including phenoxy) is 2. The topological polar surface area (TPSA) is 76.7 Å². The lowest BCUT2D eigenvalue weighted by Gasteiger charge is -2.47. The average Bonchev–Trinajstić information content (AvgIpc) is 2.75. The molecule has 3 aliphatic heterocycles. The standard InChI is InChI=1S/C15H15BN2O4/c16-9-1-2-11-10(7-9)15(12(19)17-13(20)18-15)8-14(22-11)3-5-21-6-4-14/h1-2,7H,3-6,8H2,(H2,17,18,19,20). The maximum Gasteiger partial charge on any atom is 0.322 e. The molecule has 2 N–H and O–H groups in total. The Kier molecular flexibility index (Phi) is 2.78. The summed E-state index contributed by atoms with van der Waals surface area (Å²) in [6.07, 6.45) is 1.75. The Bertz CT molecular complexity index is 672. The van der Waals surface area contributed by atoms with Gasteiger partial charge in [0.25, 0.3) is 5.91 Å². The number of amides is 3. The van der Waals surface area contributed by atoms with E-state index in [1.165, 1.54) is 0 Å². The largest absolute Gasteiger partial charge is 0.487 e. The second-order valence-corrected chi connectivity index (χ2v) is 6.14. The lowest BCUT2D eigenvalue weighted by molar-refractivity contribution is -0.131. The molecule has 112 valence electrons. The highest BCUT2D eigenvalue weighted by Gasteiger charge is 2.58. The third-order valence-electron chi connectivity index (χ3n) is 4.72. The fraction of sp³-hybridized carbons (Fsp3) is 0.467. The average molecular weight is 298 g/mol. The Morgan fingerprint density at radius 1 is 1.18 bits per heavy atom. The van der Waals surface area contributed by atoms with Crippen molar-refractivity contribution >= 4 is 25.2 Å². The molecule has 3 heterocycles. The molecule has 1 aromatic carbocycles. The van der Waals surface area contributed by atoms with E-state index in [0.717, 1.165) is 0 Å². The van der Waals surface area contributed by atoms with Gasteiger partial charge in [-0.25, -0.2) is 4.79 Å². The fourth-order valence-electron chi connectivity index (χ4n) is 3.65. The molecule has 22 heavy (non-hydrogen) atoms. The van der Waals surface area contributed by atoms with Gasteiger partial charge in [-0.15, -0.1) is 0 Å². The van der Waals surface area contributed by atoms with Gasteiger partial charge in [-0.1, -0.05) is 17.6 Å². The quantitative estimate of drug-likeness (QED) is 0.516. The van der Waals surface area contributed by atoms with Crippen molar-refractivity contribution in [2.75, 3.05) is 13.2 Å². The summed E-state index contributed by atoms with van der Waals surface area (Å²) in [6, 6.07) is 4.72. The van der Waals surface area contributed by atoms with Crippen LogP contribution < -0.4 is 20.8 Å². The first-order valence-electron chi connectivity index (χ1n) is 7.33. The smallest absolute Gasteiger partial charge is 0.322 e. The number of fused-ring (bicyclic) bond motifs is 2. The molecule has 6 nitrogen and oxygen atoms in total. The van der Waals surface area contributed by atoms with Gasteiger partial charge in [0, 0.05) is 24.8 Å². The SMILES string of the molecule is [B]c1ccc2c(c1)C1(CC3(CCOCC3)O2)NC(=O)NC1=O. The molecule has 3 amide bonds. The lowest BCUT2D eigenvalue weighted by Crippen LogP contribution is -2.57. The van der Waals surface area contributed by atoms with E-state index in [1.54, 1.807) is 18.2 Å². The Hall–Kier alpha value is -2.02. The van der Waals surface area contributed by atoms with Crippen molar-refractivity contribution < 1.29 is 19.1 Å². The van der Waals surface area contributed by atoms with E-state index < -0.39 is 17.2 Å². The first-order valence-corrected chi connectivity index (χ1v) is 7.33. The van der Waals surface area contributed by atoms with E-state index >= 15 is 0 Å². The van der Waals surface area contributed by atoms with Gasteiger partial charge in [-0.3, -0.25) is 10.1 Å². The summed E-state index contributed by atoms with van der Waals surface area (Å²) in [5, 5.41) is 5.14. The summed E-state index contributed by atoms with van der Waals surface area (Å²) in [7, 11) is 5.86. The van der Waals surface area contributed by atoms with Crippen LogP contribution in [0, 0.1) is 0 Å². The number of rotatable bonds is 0. The molecule has 1 unspecified atom stereocenters. The van der Waals surface area contributed by atoms with Crippen LogP contribution in [0.4, 0.5) is 4.79 Å². The molecule has 4 rings (SSSR count). The molecule has 2 saturated heterocycles. The van der Waals surface area contributed by atoms with E-state index in [1.807, 2.05) is 0 Å². The number of urea groups is 1. The van der Waals surface area contributed by atoms with Crippen LogP contribution in [0.2, 0.25) is 0 Å². The van der Waals surface area contributed by atoms with Gasteiger partial charge in [-0.2, -0.15) is 0 Å². The van der Waals surface area contributed by atoms with Gasteiger partial charge in [-0.05, 0) is 6.07 Å². The molecule has 1 aromatic rings. The van der Waals surface area contributed by atoms with E-state index in [4.69, 9.17) is 17.3 Å². The summed E-state index contributed by atoms with van der Waals surface area (Å²) in [5.74, 6) is 0.248. The first-order chi connectivity index (χ1) is 10.5. The zero-order chi connectivity index (χ0) is 15.4. The maximum atomic E-state index is 12.5. The van der Waals surface area contributed by atoms with Crippen molar-refractivity contribution in [1.82, 2.24) is 10.6 Å². The molecule has 3 aliphatic rings. The van der Waals surface area contributed by atoms with E-state index in [2.05, 4.69) is 10.6 Å². The highest BCUT2D eigenvalue weighted by atomic mass is 16.5. The predicted octanol–water partition coefficient (Wildman–Crippen LogP) is -0.153. The summed E-state index contributed by atoms with van der Waals surface area (Å²) < 4.78 is 11.6. The highest BCUT2D eigenvalue weighted by Crippen LogP contribution is 2.48. The summed E-state index contributed by atoms with van der Waals surface area (Å²) in [6.45, 7) is 1.16. The summed E-state index contributed by atoms with van der Waals surface area (Å²) >= 11 is 0. The molecular formula is C15H15BN2O4. The van der Waals surface area contributed by atoms with Crippen molar-refractivity contribution in [3.8, 4) is 5.75 Å². The number of nitrogens with one attached hydrogen (secondary N) is 2. The van der Waals surface area contributed by atoms with Crippen molar-refractivity contribution in [2.45, 2.75) is 30.4 Å². The molecule has 0 aromatic heterocycles. The third-order valence-corrected chi connectivity index (χ3v) is 4.72. The normalized spacial score (nSPS) is 28.9. The number of hydrogen-bond acceptors (Lipinski definition) is 4. The molecule has 2 spiro atoms. The van der Waals surface area contributed by atoms with E-state index in [0.29, 0.717) is 49.3 Å². The van der Waals surface area contributed by atoms with Gasteiger partial charge in [0.1, 0.15) is 19.2 Å². The summed E-state index contributed by atoms with van der Waals surface area (Å²) in [4.78, 5) is 24.3. The van der Waals surface area contributed by atoms with Crippen LogP contribution in [0.25, 0.3) is 0 Å². The summed E-state index contributed by atoms with van der Waals surface area (Å²) in [5.41, 5.74) is -0.472. The van der Waals surface area contributed by atoms with Crippen LogP contribution in [0.1, 0.15) is 24.8 Å². The van der Waals surface area contributed by atoms with Gasteiger partial charge in [0.2, 0.25) is 0 Å². The Labute approximate surface area is 129 Å². The van der Waals surface area contributed by atoms with Crippen LogP contribution in [0.15, 0.2) is 18.2 Å². The third kappa shape index (κ3) is 1.85. The molecule has 0 bridgehead atoms. The van der Waals surface area contributed by atoms with Crippen molar-refractivity contribution in [3.05, 3.63) is 23.8 Å². The highest BCUT2D eigenvalue weighted by molar-refractivity contribution is 6.32. The van der Waals surface area contributed by atoms with Crippen LogP contribution >= 0.6 is 0 Å². The van der Waals surface area contributed by atoms with Gasteiger partial charge in [0.05, 0.1) is 13.2 Å². The minimum atomic E-state index is -1.11. The van der Waals surface area contributed by atoms with Crippen molar-refractivity contribution in [3.63, 3.8) is 0 Å². The molecule has 2 radical (unpaired) electrons. The maximum absolute atomic E-state index is 12.5. The molecular weight excluding hydrogens is 283 g/mol. The first kappa shape index (κ1) is 13.6. The monoisotopic (exact) mass is 298 g/mol. The Balaban J connectivity index is 1.87. The number of hydrogen-bond donors (Lipinski definition) is 2. The predicted molar refractivity (Wildman–Crippen MR) is 78.2 cm³/mol. The molecule has 1 atom stereocenters. The van der Waals surface area contributed by atoms with Gasteiger partial charge in [0.15, 0.2) is 5.54 Å². The van der Waals surface area contributed by atoms with Crippen LogP contribution in [0.5, 0.6) is 5.75 Å². The molecule has 7 heteroatoms. The fourth-order valence-corrected chi connectivity index (χ4v) is 3.65. The van der Waals surface area contributed by atoms with Crippen molar-refractivity contribution in [1.29, 1.82) is 0 Å². The van der Waals surface area contributed by atoms with Crippen LogP contribution in [-0.4, -0.2) is 38.6 Å². The van der Waals surface area contributed by atoms with Crippen LogP contribution in [-0.2, 0) is 15.1 Å². The van der Waals surface area contributed by atoms with E-state index in [9.17, 15) is 9.59 Å². The minimum absolute atomic E-state index is 0.349. The molecule has 0 aliphatic carbocycles. The number of carbonyl (C=O) groups excluding carboxylic acids is 2.